The Labute approximate surface area is 104 Å². The molecule has 0 aromatic rings. The van der Waals surface area contributed by atoms with Crippen LogP contribution in [0, 0.1) is 10.8 Å². The first-order valence-corrected chi connectivity index (χ1v) is 7.54. The minimum absolute atomic E-state index is 0.630. The summed E-state index contributed by atoms with van der Waals surface area (Å²) in [5.41, 5.74) is 1.37. The molecule has 0 nitrogen and oxygen atoms in total. The molecule has 0 spiro atoms. The summed E-state index contributed by atoms with van der Waals surface area (Å²) < 4.78 is 0. The van der Waals surface area contributed by atoms with Crippen molar-refractivity contribution in [3.05, 3.63) is 0 Å². The van der Waals surface area contributed by atoms with Gasteiger partial charge in [-0.1, -0.05) is 54.4 Å². The molecule has 0 N–H and O–H groups in total. The van der Waals surface area contributed by atoms with E-state index < -0.39 is 0 Å². The molecule has 0 aromatic heterocycles. The number of hydrogen-bond donors (Lipinski definition) is 0. The average Bonchev–Trinajstić information content (AvgIpc) is 2.27. The maximum atomic E-state index is 2.44. The summed E-state index contributed by atoms with van der Waals surface area (Å²) in [5, 5.41) is 0. The highest BCUT2D eigenvalue weighted by atomic mass is 14.4. The van der Waals surface area contributed by atoms with Crippen LogP contribution in [0.25, 0.3) is 0 Å². The molecule has 0 amide bonds. The first-order valence-electron chi connectivity index (χ1n) is 7.54. The topological polar surface area (TPSA) is 0 Å². The molecule has 0 aromatic carbocycles. The third-order valence-corrected chi connectivity index (χ3v) is 4.22. The third-order valence-electron chi connectivity index (χ3n) is 4.22. The Kier molecular flexibility index (Phi) is 7.35. The minimum atomic E-state index is 0.630. The zero-order valence-corrected chi connectivity index (χ0v) is 12.7. The summed E-state index contributed by atoms with van der Waals surface area (Å²) in [6.45, 7) is 13.6. The smallest absolute Gasteiger partial charge is 0.0297 e. The van der Waals surface area contributed by atoms with E-state index in [1.807, 2.05) is 13.8 Å². The molecule has 0 atom stereocenters. The highest BCUT2D eigenvalue weighted by Crippen LogP contribution is 2.49. The first-order chi connectivity index (χ1) is 7.54. The molecular weight excluding hydrogens is 192 g/mol. The highest BCUT2D eigenvalue weighted by Gasteiger charge is 2.36. The van der Waals surface area contributed by atoms with E-state index in [0.29, 0.717) is 5.41 Å². The van der Waals surface area contributed by atoms with Crippen LogP contribution in [-0.4, -0.2) is 0 Å². The van der Waals surface area contributed by atoms with Gasteiger partial charge in [-0.05, 0) is 49.4 Å². The Morgan fingerprint density at radius 1 is 0.750 bits per heavy atom. The van der Waals surface area contributed by atoms with Gasteiger partial charge in [0.05, 0.1) is 0 Å². The van der Waals surface area contributed by atoms with Crippen LogP contribution >= 0.6 is 0 Å². The van der Waals surface area contributed by atoms with Crippen molar-refractivity contribution in [1.29, 1.82) is 0 Å². The van der Waals surface area contributed by atoms with E-state index in [9.17, 15) is 0 Å². The summed E-state index contributed by atoms with van der Waals surface area (Å²) in [6, 6.07) is 0. The van der Waals surface area contributed by atoms with E-state index in [2.05, 4.69) is 27.7 Å². The largest absolute Gasteiger partial charge is 0.0683 e. The summed E-state index contributed by atoms with van der Waals surface area (Å²) >= 11 is 0. The lowest BCUT2D eigenvalue weighted by Gasteiger charge is -2.44. The van der Waals surface area contributed by atoms with Crippen LogP contribution in [-0.2, 0) is 0 Å². The fraction of sp³-hybridized carbons (Fsp3) is 1.00. The van der Waals surface area contributed by atoms with Gasteiger partial charge in [0, 0.05) is 0 Å². The van der Waals surface area contributed by atoms with Gasteiger partial charge in [0.15, 0.2) is 0 Å². The predicted molar refractivity (Wildman–Crippen MR) is 75.8 cm³/mol. The lowest BCUT2D eigenvalue weighted by molar-refractivity contribution is 0.0821. The number of hydrogen-bond acceptors (Lipinski definition) is 0. The van der Waals surface area contributed by atoms with Crippen LogP contribution in [0.2, 0.25) is 0 Å². The Bertz CT molecular complexity index is 149. The van der Waals surface area contributed by atoms with E-state index in [-0.39, 0.29) is 0 Å². The quantitative estimate of drug-likeness (QED) is 0.535. The Morgan fingerprint density at radius 3 is 1.44 bits per heavy atom. The van der Waals surface area contributed by atoms with E-state index >= 15 is 0 Å². The van der Waals surface area contributed by atoms with Crippen molar-refractivity contribution in [2.45, 2.75) is 92.9 Å². The molecule has 98 valence electrons. The van der Waals surface area contributed by atoms with Crippen LogP contribution < -0.4 is 0 Å². The van der Waals surface area contributed by atoms with Gasteiger partial charge in [-0.15, -0.1) is 0 Å². The molecule has 0 bridgehead atoms. The number of rotatable bonds is 4. The van der Waals surface area contributed by atoms with Gasteiger partial charge < -0.3 is 0 Å². The molecule has 1 aliphatic carbocycles. The molecule has 1 fully saturated rings. The molecule has 0 saturated heterocycles. The summed E-state index contributed by atoms with van der Waals surface area (Å²) in [4.78, 5) is 0. The van der Waals surface area contributed by atoms with Crippen LogP contribution in [0.5, 0.6) is 0 Å². The molecule has 0 heterocycles. The molecular formula is C16H34. The van der Waals surface area contributed by atoms with Crippen molar-refractivity contribution in [3.63, 3.8) is 0 Å². The second-order valence-corrected chi connectivity index (χ2v) is 6.16. The van der Waals surface area contributed by atoms with Gasteiger partial charge in [-0.3, -0.25) is 0 Å². The molecule has 1 saturated carbocycles. The van der Waals surface area contributed by atoms with Crippen molar-refractivity contribution in [2.75, 3.05) is 0 Å². The van der Waals surface area contributed by atoms with Crippen LogP contribution in [0.1, 0.15) is 92.9 Å². The van der Waals surface area contributed by atoms with E-state index in [1.54, 1.807) is 0 Å². The Morgan fingerprint density at radius 2 is 1.12 bits per heavy atom. The first kappa shape index (κ1) is 16.0. The SMILES string of the molecule is CC.CCCC1(CCC)CCC(C)(C)CC1. The average molecular weight is 226 g/mol. The zero-order valence-electron chi connectivity index (χ0n) is 12.7. The van der Waals surface area contributed by atoms with Gasteiger partial charge in [0.25, 0.3) is 0 Å². The van der Waals surface area contributed by atoms with Crippen molar-refractivity contribution in [1.82, 2.24) is 0 Å². The molecule has 0 heteroatoms. The summed E-state index contributed by atoms with van der Waals surface area (Å²) in [6.07, 6.45) is 11.6. The Hall–Kier alpha value is 0. The molecule has 16 heavy (non-hydrogen) atoms. The zero-order chi connectivity index (χ0) is 12.7. The third kappa shape index (κ3) is 4.89. The van der Waals surface area contributed by atoms with Gasteiger partial charge in [-0.25, -0.2) is 0 Å². The van der Waals surface area contributed by atoms with Crippen LogP contribution in [0.4, 0.5) is 0 Å². The van der Waals surface area contributed by atoms with Gasteiger partial charge in [0.2, 0.25) is 0 Å². The molecule has 1 aliphatic rings. The monoisotopic (exact) mass is 226 g/mol. The Balaban J connectivity index is 0.00000106. The fourth-order valence-corrected chi connectivity index (χ4v) is 3.14. The normalized spacial score (nSPS) is 22.1. The minimum Gasteiger partial charge on any atom is -0.0683 e. The second kappa shape index (κ2) is 7.35. The maximum Gasteiger partial charge on any atom is -0.0297 e. The van der Waals surface area contributed by atoms with Gasteiger partial charge in [-0.2, -0.15) is 0 Å². The molecule has 0 radical (unpaired) electrons. The second-order valence-electron chi connectivity index (χ2n) is 6.16. The van der Waals surface area contributed by atoms with E-state index in [1.165, 1.54) is 51.4 Å². The van der Waals surface area contributed by atoms with Gasteiger partial charge in [0.1, 0.15) is 0 Å². The lowest BCUT2D eigenvalue weighted by Crippen LogP contribution is -2.31. The van der Waals surface area contributed by atoms with Crippen LogP contribution in [0.15, 0.2) is 0 Å². The summed E-state index contributed by atoms with van der Waals surface area (Å²) in [7, 11) is 0. The maximum absolute atomic E-state index is 2.44. The predicted octanol–water partition coefficient (Wildman–Crippen LogP) is 6.20. The van der Waals surface area contributed by atoms with E-state index in [0.717, 1.165) is 5.41 Å². The molecule has 0 aliphatic heterocycles. The summed E-state index contributed by atoms with van der Waals surface area (Å²) in [5.74, 6) is 0. The standard InChI is InChI=1S/C14H28.C2H6/c1-5-7-14(8-6-2)11-9-13(3,4)10-12-14;1-2/h5-12H2,1-4H3;1-2H3. The molecule has 0 unspecified atom stereocenters. The van der Waals surface area contributed by atoms with Crippen molar-refractivity contribution >= 4 is 0 Å². The van der Waals surface area contributed by atoms with Crippen molar-refractivity contribution in [3.8, 4) is 0 Å². The lowest BCUT2D eigenvalue weighted by atomic mass is 9.62. The van der Waals surface area contributed by atoms with Crippen molar-refractivity contribution in [2.24, 2.45) is 10.8 Å². The highest BCUT2D eigenvalue weighted by molar-refractivity contribution is 4.88. The van der Waals surface area contributed by atoms with E-state index in [4.69, 9.17) is 0 Å². The molecule has 1 rings (SSSR count). The van der Waals surface area contributed by atoms with Crippen molar-refractivity contribution < 1.29 is 0 Å². The fourth-order valence-electron chi connectivity index (χ4n) is 3.14. The van der Waals surface area contributed by atoms with Gasteiger partial charge >= 0.3 is 0 Å². The van der Waals surface area contributed by atoms with Crippen LogP contribution in [0.3, 0.4) is 0 Å².